The average molecular weight is 294 g/mol. The molecule has 0 saturated carbocycles. The number of hydrogen-bond acceptors (Lipinski definition) is 3. The molecule has 5 nitrogen and oxygen atoms in total. The Bertz CT molecular complexity index is 337. The molecule has 6 heteroatoms. The van der Waals surface area contributed by atoms with E-state index in [9.17, 15) is 13.2 Å². The Morgan fingerprint density at radius 1 is 1.00 bits per heavy atom. The molecule has 0 heterocycles. The highest BCUT2D eigenvalue weighted by molar-refractivity contribution is 7.85. The molecule has 0 aliphatic heterocycles. The summed E-state index contributed by atoms with van der Waals surface area (Å²) in [6.07, 6.45) is 7.73. The van der Waals surface area contributed by atoms with Gasteiger partial charge in [0.15, 0.2) is 0 Å². The van der Waals surface area contributed by atoms with Crippen LogP contribution in [0.1, 0.15) is 64.7 Å². The molecule has 0 bridgehead atoms. The second-order valence-electron chi connectivity index (χ2n) is 5.02. The van der Waals surface area contributed by atoms with E-state index in [1.54, 1.807) is 0 Å². The first-order chi connectivity index (χ1) is 8.87. The van der Waals surface area contributed by atoms with Gasteiger partial charge in [0.05, 0.1) is 11.7 Å². The van der Waals surface area contributed by atoms with Crippen molar-refractivity contribution in [2.75, 3.05) is 5.75 Å². The van der Waals surface area contributed by atoms with Gasteiger partial charge in [-0.3, -0.25) is 9.35 Å². The number of carbonyl (C=O) groups is 1. The number of carboxylic acids is 1. The molecule has 0 aromatic heterocycles. The van der Waals surface area contributed by atoms with Crippen LogP contribution in [-0.2, 0) is 14.9 Å². The Morgan fingerprint density at radius 3 is 2.05 bits per heavy atom. The minimum absolute atomic E-state index is 0.200. The van der Waals surface area contributed by atoms with Gasteiger partial charge in [0, 0.05) is 0 Å². The Morgan fingerprint density at radius 2 is 1.53 bits per heavy atom. The Hall–Kier alpha value is -0.620. The van der Waals surface area contributed by atoms with Crippen LogP contribution in [0.5, 0.6) is 0 Å². The molecular formula is C13H26O5S. The van der Waals surface area contributed by atoms with Crippen molar-refractivity contribution in [1.29, 1.82) is 0 Å². The second-order valence-corrected chi connectivity index (χ2v) is 6.59. The third-order valence-corrected chi connectivity index (χ3v) is 4.01. The molecule has 1 atom stereocenters. The highest BCUT2D eigenvalue weighted by Crippen LogP contribution is 2.17. The van der Waals surface area contributed by atoms with Crippen LogP contribution < -0.4 is 0 Å². The fourth-order valence-corrected chi connectivity index (χ4v) is 2.61. The smallest absolute Gasteiger partial charge is 0.306 e. The first-order valence-electron chi connectivity index (χ1n) is 7.04. The van der Waals surface area contributed by atoms with E-state index < -0.39 is 22.0 Å². The lowest BCUT2D eigenvalue weighted by atomic mass is 9.96. The van der Waals surface area contributed by atoms with Crippen molar-refractivity contribution in [2.45, 2.75) is 64.7 Å². The zero-order valence-electron chi connectivity index (χ0n) is 11.7. The fourth-order valence-electron chi connectivity index (χ4n) is 2.07. The molecule has 0 spiro atoms. The van der Waals surface area contributed by atoms with Gasteiger partial charge in [0.2, 0.25) is 0 Å². The van der Waals surface area contributed by atoms with Crippen molar-refractivity contribution in [3.63, 3.8) is 0 Å². The monoisotopic (exact) mass is 294 g/mol. The van der Waals surface area contributed by atoms with E-state index in [1.165, 1.54) is 19.3 Å². The summed E-state index contributed by atoms with van der Waals surface area (Å²) in [7, 11) is -3.97. The second kappa shape index (κ2) is 10.2. The van der Waals surface area contributed by atoms with Gasteiger partial charge in [0.1, 0.15) is 0 Å². The summed E-state index contributed by atoms with van der Waals surface area (Å²) in [4.78, 5) is 11.0. The summed E-state index contributed by atoms with van der Waals surface area (Å²) in [5.41, 5.74) is 0. The maximum Gasteiger partial charge on any atom is 0.306 e. The van der Waals surface area contributed by atoms with Crippen LogP contribution in [0.3, 0.4) is 0 Å². The van der Waals surface area contributed by atoms with Crippen molar-refractivity contribution in [3.8, 4) is 0 Å². The zero-order chi connectivity index (χ0) is 14.7. The van der Waals surface area contributed by atoms with Gasteiger partial charge >= 0.3 is 5.97 Å². The van der Waals surface area contributed by atoms with Gasteiger partial charge in [-0.15, -0.1) is 0 Å². The molecule has 2 N–H and O–H groups in total. The van der Waals surface area contributed by atoms with E-state index >= 15 is 0 Å². The minimum Gasteiger partial charge on any atom is -0.481 e. The van der Waals surface area contributed by atoms with Gasteiger partial charge in [-0.05, 0) is 19.3 Å². The maximum absolute atomic E-state index is 11.0. The lowest BCUT2D eigenvalue weighted by molar-refractivity contribution is -0.142. The summed E-state index contributed by atoms with van der Waals surface area (Å²) in [6.45, 7) is 2.15. The van der Waals surface area contributed by atoms with E-state index in [0.717, 1.165) is 19.3 Å². The standard InChI is InChI=1S/C13H26O5S/c1-2-3-4-5-6-7-9-12(13(14)15)10-8-11-19(16,17)18/h12H,2-11H2,1H3,(H,14,15)(H,16,17,18). The first kappa shape index (κ1) is 18.4. The molecule has 1 unspecified atom stereocenters. The third kappa shape index (κ3) is 12.2. The van der Waals surface area contributed by atoms with Crippen LogP contribution in [0, 0.1) is 5.92 Å². The van der Waals surface area contributed by atoms with Crippen LogP contribution >= 0.6 is 0 Å². The highest BCUT2D eigenvalue weighted by Gasteiger charge is 2.17. The quantitative estimate of drug-likeness (QED) is 0.426. The predicted molar refractivity (Wildman–Crippen MR) is 74.8 cm³/mol. The number of unbranched alkanes of at least 4 members (excludes halogenated alkanes) is 5. The van der Waals surface area contributed by atoms with E-state index in [2.05, 4.69) is 6.92 Å². The van der Waals surface area contributed by atoms with E-state index in [-0.39, 0.29) is 12.2 Å². The Balaban J connectivity index is 3.78. The molecule has 0 amide bonds. The number of carboxylic acid groups (broad SMARTS) is 1. The SMILES string of the molecule is CCCCCCCCC(CCCS(=O)(=O)O)C(=O)O. The number of rotatable bonds is 12. The molecular weight excluding hydrogens is 268 g/mol. The highest BCUT2D eigenvalue weighted by atomic mass is 32.2. The molecule has 19 heavy (non-hydrogen) atoms. The number of hydrogen-bond donors (Lipinski definition) is 2. The van der Waals surface area contributed by atoms with Crippen LogP contribution in [0.2, 0.25) is 0 Å². The molecule has 0 fully saturated rings. The van der Waals surface area contributed by atoms with Crippen molar-refractivity contribution < 1.29 is 22.9 Å². The van der Waals surface area contributed by atoms with E-state index in [0.29, 0.717) is 12.8 Å². The third-order valence-electron chi connectivity index (χ3n) is 3.21. The summed E-state index contributed by atoms with van der Waals surface area (Å²) < 4.78 is 29.7. The largest absolute Gasteiger partial charge is 0.481 e. The molecule has 0 radical (unpaired) electrons. The van der Waals surface area contributed by atoms with Gasteiger partial charge in [0.25, 0.3) is 10.1 Å². The minimum atomic E-state index is -3.97. The zero-order valence-corrected chi connectivity index (χ0v) is 12.5. The van der Waals surface area contributed by atoms with Gasteiger partial charge < -0.3 is 5.11 Å². The topological polar surface area (TPSA) is 91.7 Å². The van der Waals surface area contributed by atoms with Gasteiger partial charge in [-0.2, -0.15) is 8.42 Å². The summed E-state index contributed by atoms with van der Waals surface area (Å²) >= 11 is 0. The Labute approximate surface area is 116 Å². The molecule has 0 aliphatic carbocycles. The van der Waals surface area contributed by atoms with E-state index in [1.807, 2.05) is 0 Å². The van der Waals surface area contributed by atoms with Crippen molar-refractivity contribution in [3.05, 3.63) is 0 Å². The normalized spacial score (nSPS) is 13.4. The predicted octanol–water partition coefficient (Wildman–Crippen LogP) is 3.11. The van der Waals surface area contributed by atoms with Gasteiger partial charge in [-0.25, -0.2) is 0 Å². The first-order valence-corrected chi connectivity index (χ1v) is 8.65. The Kier molecular flexibility index (Phi) is 9.87. The summed E-state index contributed by atoms with van der Waals surface area (Å²) in [5, 5.41) is 9.03. The van der Waals surface area contributed by atoms with Crippen LogP contribution in [0.25, 0.3) is 0 Å². The molecule has 0 aromatic rings. The fraction of sp³-hybridized carbons (Fsp3) is 0.923. The molecule has 0 aliphatic rings. The number of aliphatic carboxylic acids is 1. The molecule has 0 aromatic carbocycles. The molecule has 0 saturated heterocycles. The summed E-state index contributed by atoms with van der Waals surface area (Å²) in [5.74, 6) is -1.72. The maximum atomic E-state index is 11.0. The van der Waals surface area contributed by atoms with Crippen LogP contribution in [0.4, 0.5) is 0 Å². The van der Waals surface area contributed by atoms with Crippen LogP contribution in [-0.4, -0.2) is 29.8 Å². The molecule has 0 rings (SSSR count). The van der Waals surface area contributed by atoms with E-state index in [4.69, 9.17) is 9.66 Å². The van der Waals surface area contributed by atoms with Crippen molar-refractivity contribution >= 4 is 16.1 Å². The van der Waals surface area contributed by atoms with Gasteiger partial charge in [-0.1, -0.05) is 45.4 Å². The molecule has 114 valence electrons. The lowest BCUT2D eigenvalue weighted by Gasteiger charge is -2.11. The average Bonchev–Trinajstić information content (AvgIpc) is 2.29. The van der Waals surface area contributed by atoms with Crippen LogP contribution in [0.15, 0.2) is 0 Å². The van der Waals surface area contributed by atoms with Crippen molar-refractivity contribution in [2.24, 2.45) is 5.92 Å². The van der Waals surface area contributed by atoms with Crippen molar-refractivity contribution in [1.82, 2.24) is 0 Å². The lowest BCUT2D eigenvalue weighted by Crippen LogP contribution is -2.15. The summed E-state index contributed by atoms with van der Waals surface area (Å²) in [6, 6.07) is 0.